The molecular formula is C39H54FNO3. The maximum absolute atomic E-state index is 16.1. The summed E-state index contributed by atoms with van der Waals surface area (Å²) in [6, 6.07) is 16.0. The number of carbonyl (C=O) groups is 1. The van der Waals surface area contributed by atoms with E-state index < -0.39 is 12.3 Å². The van der Waals surface area contributed by atoms with Crippen molar-refractivity contribution in [3.8, 4) is 5.75 Å². The molecule has 4 nitrogen and oxygen atoms in total. The van der Waals surface area contributed by atoms with Crippen LogP contribution in [0, 0.1) is 29.1 Å². The van der Waals surface area contributed by atoms with Gasteiger partial charge in [0.2, 0.25) is 5.91 Å². The number of carbonyl (C=O) groups excluding carboxylic acids is 1. The summed E-state index contributed by atoms with van der Waals surface area (Å²) < 4.78 is 16.1. The Kier molecular flexibility index (Phi) is 10.00. The van der Waals surface area contributed by atoms with Crippen LogP contribution in [0.1, 0.15) is 113 Å². The van der Waals surface area contributed by atoms with E-state index in [4.69, 9.17) is 0 Å². The first kappa shape index (κ1) is 31.6. The molecule has 2 N–H and O–H groups in total. The number of benzene rings is 2. The Morgan fingerprint density at radius 3 is 2.59 bits per heavy atom. The average Bonchev–Trinajstić information content (AvgIpc) is 3.32. The van der Waals surface area contributed by atoms with E-state index in [0.29, 0.717) is 36.5 Å². The molecule has 0 aromatic heterocycles. The second-order valence-corrected chi connectivity index (χ2v) is 15.1. The molecule has 4 aliphatic carbocycles. The molecule has 3 saturated carbocycles. The summed E-state index contributed by atoms with van der Waals surface area (Å²) >= 11 is 0. The fourth-order valence-electron chi connectivity index (χ4n) is 9.99. The van der Waals surface area contributed by atoms with E-state index in [1.165, 1.54) is 37.7 Å². The monoisotopic (exact) mass is 603 g/mol. The average molecular weight is 604 g/mol. The summed E-state index contributed by atoms with van der Waals surface area (Å²) in [5.74, 6) is 1.92. The summed E-state index contributed by atoms with van der Waals surface area (Å²) in [4.78, 5) is 15.7. The smallest absolute Gasteiger partial charge is 0.222 e. The van der Waals surface area contributed by atoms with Gasteiger partial charge in [0.05, 0.1) is 6.10 Å². The van der Waals surface area contributed by atoms with Crippen LogP contribution >= 0.6 is 0 Å². The minimum absolute atomic E-state index is 0.151. The van der Waals surface area contributed by atoms with Gasteiger partial charge in [-0.2, -0.15) is 0 Å². The van der Waals surface area contributed by atoms with Crippen molar-refractivity contribution < 1.29 is 19.4 Å². The van der Waals surface area contributed by atoms with E-state index in [9.17, 15) is 15.0 Å². The van der Waals surface area contributed by atoms with Gasteiger partial charge in [-0.3, -0.25) is 4.79 Å². The number of fused-ring (bicyclic) bond motifs is 5. The molecule has 2 aromatic carbocycles. The first-order valence-electron chi connectivity index (χ1n) is 17.8. The third kappa shape index (κ3) is 6.73. The van der Waals surface area contributed by atoms with E-state index in [1.807, 2.05) is 18.2 Å². The Bertz CT molecular complexity index is 1250. The number of hydrogen-bond donors (Lipinski definition) is 2. The van der Waals surface area contributed by atoms with Crippen LogP contribution in [0.2, 0.25) is 0 Å². The van der Waals surface area contributed by atoms with Crippen molar-refractivity contribution >= 4 is 5.91 Å². The molecule has 6 rings (SSSR count). The second-order valence-electron chi connectivity index (χ2n) is 15.1. The topological polar surface area (TPSA) is 60.8 Å². The maximum Gasteiger partial charge on any atom is 0.222 e. The number of phenols is 1. The number of rotatable bonds is 11. The van der Waals surface area contributed by atoms with Crippen molar-refractivity contribution in [1.82, 2.24) is 4.90 Å². The highest BCUT2D eigenvalue weighted by molar-refractivity contribution is 5.76. The zero-order chi connectivity index (χ0) is 30.7. The summed E-state index contributed by atoms with van der Waals surface area (Å²) in [6.45, 7) is 3.84. The van der Waals surface area contributed by atoms with Crippen LogP contribution in [0.25, 0.3) is 0 Å². The zero-order valence-electron chi connectivity index (χ0n) is 26.8. The number of aryl methyl sites for hydroxylation is 1. The third-order valence-electron chi connectivity index (χ3n) is 12.3. The fraction of sp³-hybridized carbons (Fsp3) is 0.667. The first-order valence-corrected chi connectivity index (χ1v) is 17.8. The van der Waals surface area contributed by atoms with Gasteiger partial charge >= 0.3 is 0 Å². The SMILES string of the molecule is C[C@]12C[C@H](F)[C@@H]3c4ccc(O)cc4C[C@@H](CCCCN(CC4CCCCC4)C(=O)CCCc4ccccc4)[C@H]3[C@@H]1CC[C@@H]2O. The molecule has 0 saturated heterocycles. The lowest BCUT2D eigenvalue weighted by Gasteiger charge is -2.54. The zero-order valence-corrected chi connectivity index (χ0v) is 26.8. The molecule has 240 valence electrons. The van der Waals surface area contributed by atoms with E-state index in [1.54, 1.807) is 6.07 Å². The van der Waals surface area contributed by atoms with E-state index in [-0.39, 0.29) is 23.0 Å². The van der Waals surface area contributed by atoms with Gasteiger partial charge in [0.1, 0.15) is 11.9 Å². The molecule has 0 bridgehead atoms. The molecule has 5 heteroatoms. The molecular weight excluding hydrogens is 549 g/mol. The number of unbranched alkanes of at least 4 members (excludes halogenated alkanes) is 1. The number of halogens is 1. The fourth-order valence-corrected chi connectivity index (χ4v) is 9.99. The number of hydrogen-bond acceptors (Lipinski definition) is 3. The Morgan fingerprint density at radius 2 is 1.80 bits per heavy atom. The number of phenolic OH excluding ortho intramolecular Hbond substituents is 1. The summed E-state index contributed by atoms with van der Waals surface area (Å²) in [7, 11) is 0. The molecule has 7 atom stereocenters. The van der Waals surface area contributed by atoms with Crippen molar-refractivity contribution in [2.24, 2.45) is 29.1 Å². The van der Waals surface area contributed by atoms with Gasteiger partial charge < -0.3 is 15.1 Å². The summed E-state index contributed by atoms with van der Waals surface area (Å²) in [5, 5.41) is 21.2. The third-order valence-corrected chi connectivity index (χ3v) is 12.3. The van der Waals surface area contributed by atoms with E-state index >= 15 is 4.39 Å². The van der Waals surface area contributed by atoms with Crippen molar-refractivity contribution in [3.63, 3.8) is 0 Å². The van der Waals surface area contributed by atoms with Crippen LogP contribution in [0.5, 0.6) is 5.75 Å². The molecule has 44 heavy (non-hydrogen) atoms. The number of nitrogens with zero attached hydrogens (tertiary/aromatic N) is 1. The largest absolute Gasteiger partial charge is 0.508 e. The maximum atomic E-state index is 16.1. The van der Waals surface area contributed by atoms with Gasteiger partial charge in [0.25, 0.3) is 0 Å². The first-order chi connectivity index (χ1) is 21.3. The summed E-state index contributed by atoms with van der Waals surface area (Å²) in [5.41, 5.74) is 3.13. The van der Waals surface area contributed by atoms with Gasteiger partial charge in [-0.15, -0.1) is 0 Å². The minimum atomic E-state index is -0.973. The Balaban J connectivity index is 1.11. The molecule has 0 aliphatic heterocycles. The van der Waals surface area contributed by atoms with Crippen molar-refractivity contribution in [2.45, 2.75) is 121 Å². The Labute approximate surface area is 264 Å². The highest BCUT2D eigenvalue weighted by atomic mass is 19.1. The van der Waals surface area contributed by atoms with Gasteiger partial charge in [0.15, 0.2) is 0 Å². The van der Waals surface area contributed by atoms with Gasteiger partial charge in [-0.25, -0.2) is 4.39 Å². The minimum Gasteiger partial charge on any atom is -0.508 e. The number of aromatic hydroxyl groups is 1. The number of amides is 1. The van der Waals surface area contributed by atoms with Crippen LogP contribution < -0.4 is 0 Å². The molecule has 2 aromatic rings. The second kappa shape index (κ2) is 13.9. The number of aliphatic hydroxyl groups excluding tert-OH is 1. The molecule has 3 fully saturated rings. The molecule has 0 heterocycles. The van der Waals surface area contributed by atoms with Crippen LogP contribution in [0.4, 0.5) is 4.39 Å². The lowest BCUT2D eigenvalue weighted by atomic mass is 9.51. The van der Waals surface area contributed by atoms with E-state index in [2.05, 4.69) is 36.1 Å². The van der Waals surface area contributed by atoms with Crippen molar-refractivity contribution in [1.29, 1.82) is 0 Å². The standard InChI is InChI=1S/C39H54FNO3/c1-39-25-34(40)38-32-19-18-31(42)24-30(32)23-29(37(38)33(39)20-21-35(39)43)16-8-9-22-41(26-28-13-6-3-7-14-28)36(44)17-10-15-27-11-4-2-5-12-27/h2,4-5,11-12,18-19,24,28-29,33-35,37-38,42-43H,3,6-10,13-17,20-23,25-26H2,1H3/t29-,33+,34+,35+,37+,38+,39+/m1/s1. The van der Waals surface area contributed by atoms with E-state index in [0.717, 1.165) is 75.6 Å². The molecule has 0 spiro atoms. The highest BCUT2D eigenvalue weighted by Gasteiger charge is 2.59. The molecule has 0 radical (unpaired) electrons. The predicted molar refractivity (Wildman–Crippen MR) is 174 cm³/mol. The lowest BCUT2D eigenvalue weighted by molar-refractivity contribution is -0.132. The number of aliphatic hydroxyl groups is 1. The lowest BCUT2D eigenvalue weighted by Crippen LogP contribution is -2.51. The van der Waals surface area contributed by atoms with Crippen LogP contribution in [-0.4, -0.2) is 46.4 Å². The molecule has 4 aliphatic rings. The molecule has 1 amide bonds. The van der Waals surface area contributed by atoms with Crippen molar-refractivity contribution in [2.75, 3.05) is 13.1 Å². The predicted octanol–water partition coefficient (Wildman–Crippen LogP) is 8.39. The van der Waals surface area contributed by atoms with Gasteiger partial charge in [-0.05, 0) is 122 Å². The Morgan fingerprint density at radius 1 is 1.00 bits per heavy atom. The number of alkyl halides is 1. The van der Waals surface area contributed by atoms with Gasteiger partial charge in [0, 0.05) is 25.4 Å². The van der Waals surface area contributed by atoms with Crippen LogP contribution in [-0.2, 0) is 17.6 Å². The van der Waals surface area contributed by atoms with Gasteiger partial charge in [-0.1, -0.05) is 69.0 Å². The normalized spacial score (nSPS) is 31.6. The highest BCUT2D eigenvalue weighted by Crippen LogP contribution is 2.63. The Hall–Kier alpha value is -2.40. The summed E-state index contributed by atoms with van der Waals surface area (Å²) in [6.07, 6.45) is 13.4. The molecule has 0 unspecified atom stereocenters. The quantitative estimate of drug-likeness (QED) is 0.254. The van der Waals surface area contributed by atoms with Crippen LogP contribution in [0.3, 0.4) is 0 Å². The van der Waals surface area contributed by atoms with Crippen LogP contribution in [0.15, 0.2) is 48.5 Å². The van der Waals surface area contributed by atoms with Crippen molar-refractivity contribution in [3.05, 3.63) is 65.2 Å².